The lowest BCUT2D eigenvalue weighted by atomic mass is 10.1. The molecular formula is C17H19ClN4O3. The van der Waals surface area contributed by atoms with Crippen molar-refractivity contribution in [3.05, 3.63) is 35.2 Å². The number of aromatic nitrogens is 2. The fraction of sp³-hybridized carbons (Fsp3) is 0.353. The second kappa shape index (κ2) is 7.14. The van der Waals surface area contributed by atoms with Gasteiger partial charge in [-0.3, -0.25) is 4.79 Å². The number of anilines is 2. The third kappa shape index (κ3) is 3.32. The lowest BCUT2D eigenvalue weighted by Gasteiger charge is -2.36. The Hall–Kier alpha value is -2.54. The van der Waals surface area contributed by atoms with E-state index in [1.54, 1.807) is 14.2 Å². The van der Waals surface area contributed by atoms with Gasteiger partial charge in [0.2, 0.25) is 11.2 Å². The van der Waals surface area contributed by atoms with E-state index >= 15 is 0 Å². The molecule has 7 nitrogen and oxygen atoms in total. The van der Waals surface area contributed by atoms with E-state index in [0.29, 0.717) is 36.0 Å². The summed E-state index contributed by atoms with van der Waals surface area (Å²) >= 11 is 5.97. The zero-order valence-corrected chi connectivity index (χ0v) is 15.0. The van der Waals surface area contributed by atoms with Crippen molar-refractivity contribution in [3.63, 3.8) is 0 Å². The summed E-state index contributed by atoms with van der Waals surface area (Å²) in [5.41, 5.74) is 1.46. The normalized spacial score (nSPS) is 16.2. The van der Waals surface area contributed by atoms with Crippen molar-refractivity contribution >= 4 is 29.0 Å². The van der Waals surface area contributed by atoms with Gasteiger partial charge in [0.15, 0.2) is 5.82 Å². The van der Waals surface area contributed by atoms with E-state index in [1.807, 2.05) is 30.0 Å². The quantitative estimate of drug-likeness (QED) is 0.824. The van der Waals surface area contributed by atoms with E-state index < -0.39 is 0 Å². The molecule has 0 bridgehead atoms. The van der Waals surface area contributed by atoms with Crippen LogP contribution in [0.1, 0.15) is 18.9 Å². The number of fused-ring (bicyclic) bond motifs is 1. The third-order valence-electron chi connectivity index (χ3n) is 4.17. The average molecular weight is 363 g/mol. The first-order valence-electron chi connectivity index (χ1n) is 7.88. The van der Waals surface area contributed by atoms with Gasteiger partial charge in [-0.25, -0.2) is 4.98 Å². The Balaban J connectivity index is 2.02. The molecule has 1 atom stereocenters. The SMILES string of the molecule is CC[C@@H]1C(=O)Nc2cnc(Cl)nc2N1Cc1ccc(OC)cc1OC. The molecule has 8 heteroatoms. The summed E-state index contributed by atoms with van der Waals surface area (Å²) in [4.78, 5) is 22.6. The molecule has 0 fully saturated rings. The maximum atomic E-state index is 12.4. The molecule has 0 saturated heterocycles. The molecule has 0 aliphatic carbocycles. The highest BCUT2D eigenvalue weighted by Crippen LogP contribution is 2.34. The van der Waals surface area contributed by atoms with Crippen LogP contribution in [-0.2, 0) is 11.3 Å². The van der Waals surface area contributed by atoms with Crippen LogP contribution in [-0.4, -0.2) is 36.1 Å². The van der Waals surface area contributed by atoms with E-state index in [-0.39, 0.29) is 17.2 Å². The van der Waals surface area contributed by atoms with Gasteiger partial charge in [-0.2, -0.15) is 4.98 Å². The maximum Gasteiger partial charge on any atom is 0.247 e. The smallest absolute Gasteiger partial charge is 0.247 e. The fourth-order valence-electron chi connectivity index (χ4n) is 2.92. The van der Waals surface area contributed by atoms with E-state index in [9.17, 15) is 4.79 Å². The Bertz CT molecular complexity index is 799. The zero-order valence-electron chi connectivity index (χ0n) is 14.2. The number of benzene rings is 1. The van der Waals surface area contributed by atoms with Crippen LogP contribution in [0.2, 0.25) is 5.28 Å². The first-order valence-corrected chi connectivity index (χ1v) is 8.26. The van der Waals surface area contributed by atoms with Gasteiger partial charge in [0, 0.05) is 18.2 Å². The molecule has 1 amide bonds. The maximum absolute atomic E-state index is 12.4. The molecule has 1 aromatic carbocycles. The first-order chi connectivity index (χ1) is 12.1. The van der Waals surface area contributed by atoms with Crippen LogP contribution in [0.5, 0.6) is 11.5 Å². The summed E-state index contributed by atoms with van der Waals surface area (Å²) in [5.74, 6) is 1.90. The number of amides is 1. The molecule has 0 unspecified atom stereocenters. The predicted octanol–water partition coefficient (Wildman–Crippen LogP) is 2.88. The topological polar surface area (TPSA) is 76.6 Å². The minimum atomic E-state index is -0.356. The number of carbonyl (C=O) groups excluding carboxylic acids is 1. The van der Waals surface area contributed by atoms with Gasteiger partial charge >= 0.3 is 0 Å². The van der Waals surface area contributed by atoms with Crippen molar-refractivity contribution in [2.24, 2.45) is 0 Å². The van der Waals surface area contributed by atoms with E-state index in [1.165, 1.54) is 6.20 Å². The first kappa shape index (κ1) is 17.3. The summed E-state index contributed by atoms with van der Waals surface area (Å²) in [6, 6.07) is 5.23. The van der Waals surface area contributed by atoms with Crippen molar-refractivity contribution in [3.8, 4) is 11.5 Å². The highest BCUT2D eigenvalue weighted by atomic mass is 35.5. The lowest BCUT2D eigenvalue weighted by molar-refractivity contribution is -0.117. The number of nitrogens with zero attached hydrogens (tertiary/aromatic N) is 3. The molecule has 132 valence electrons. The summed E-state index contributed by atoms with van der Waals surface area (Å²) in [7, 11) is 3.21. The van der Waals surface area contributed by atoms with Crippen molar-refractivity contribution < 1.29 is 14.3 Å². The highest BCUT2D eigenvalue weighted by molar-refractivity contribution is 6.28. The Morgan fingerprint density at radius 2 is 2.12 bits per heavy atom. The van der Waals surface area contributed by atoms with Crippen LogP contribution in [0.4, 0.5) is 11.5 Å². The Morgan fingerprint density at radius 3 is 2.80 bits per heavy atom. The Labute approximate surface area is 150 Å². The summed E-state index contributed by atoms with van der Waals surface area (Å²) in [6.07, 6.45) is 2.15. The number of ether oxygens (including phenoxy) is 2. The van der Waals surface area contributed by atoms with Gasteiger partial charge in [-0.05, 0) is 30.2 Å². The number of halogens is 1. The number of rotatable bonds is 5. The highest BCUT2D eigenvalue weighted by Gasteiger charge is 2.33. The van der Waals surface area contributed by atoms with Crippen LogP contribution < -0.4 is 19.7 Å². The van der Waals surface area contributed by atoms with Crippen molar-refractivity contribution in [2.75, 3.05) is 24.4 Å². The van der Waals surface area contributed by atoms with Crippen molar-refractivity contribution in [1.82, 2.24) is 9.97 Å². The number of hydrogen-bond donors (Lipinski definition) is 1. The van der Waals surface area contributed by atoms with Crippen LogP contribution in [0, 0.1) is 0 Å². The molecule has 1 N–H and O–H groups in total. The van der Waals surface area contributed by atoms with Gasteiger partial charge in [-0.1, -0.05) is 6.92 Å². The summed E-state index contributed by atoms with van der Waals surface area (Å²) in [6.45, 7) is 2.40. The van der Waals surface area contributed by atoms with Gasteiger partial charge in [0.25, 0.3) is 0 Å². The Kier molecular flexibility index (Phi) is 4.94. The molecule has 1 aliphatic rings. The number of hydrogen-bond acceptors (Lipinski definition) is 6. The second-order valence-corrected chi connectivity index (χ2v) is 5.93. The monoisotopic (exact) mass is 362 g/mol. The van der Waals surface area contributed by atoms with E-state index in [4.69, 9.17) is 21.1 Å². The predicted molar refractivity (Wildman–Crippen MR) is 95.5 cm³/mol. The van der Waals surface area contributed by atoms with Crippen LogP contribution >= 0.6 is 11.6 Å². The number of carbonyl (C=O) groups is 1. The van der Waals surface area contributed by atoms with E-state index in [2.05, 4.69) is 15.3 Å². The average Bonchev–Trinajstić information content (AvgIpc) is 2.62. The molecule has 25 heavy (non-hydrogen) atoms. The fourth-order valence-corrected chi connectivity index (χ4v) is 3.05. The summed E-state index contributed by atoms with van der Waals surface area (Å²) < 4.78 is 10.7. The standard InChI is InChI=1S/C17H19ClN4O3/c1-4-13-16(23)20-12-8-19-17(18)21-15(12)22(13)9-10-5-6-11(24-2)7-14(10)25-3/h5-8,13H,4,9H2,1-3H3,(H,20,23)/t13-/m1/s1. The molecule has 2 heterocycles. The zero-order chi connectivity index (χ0) is 18.0. The number of nitrogens with one attached hydrogen (secondary N) is 1. The molecule has 2 aromatic rings. The minimum absolute atomic E-state index is 0.0894. The minimum Gasteiger partial charge on any atom is -0.497 e. The van der Waals surface area contributed by atoms with Crippen LogP contribution in [0.15, 0.2) is 24.4 Å². The second-order valence-electron chi connectivity index (χ2n) is 5.60. The van der Waals surface area contributed by atoms with Gasteiger partial charge in [-0.15, -0.1) is 0 Å². The molecule has 0 saturated carbocycles. The molecular weight excluding hydrogens is 344 g/mol. The van der Waals surface area contributed by atoms with Gasteiger partial charge in [0.1, 0.15) is 23.2 Å². The molecule has 0 radical (unpaired) electrons. The van der Waals surface area contributed by atoms with Crippen molar-refractivity contribution in [2.45, 2.75) is 25.9 Å². The lowest BCUT2D eigenvalue weighted by Crippen LogP contribution is -2.47. The molecule has 3 rings (SSSR count). The summed E-state index contributed by atoms with van der Waals surface area (Å²) in [5, 5.41) is 2.97. The van der Waals surface area contributed by atoms with Crippen molar-refractivity contribution in [1.29, 1.82) is 0 Å². The number of methoxy groups -OCH3 is 2. The van der Waals surface area contributed by atoms with Gasteiger partial charge < -0.3 is 19.7 Å². The third-order valence-corrected chi connectivity index (χ3v) is 4.35. The molecule has 1 aliphatic heterocycles. The molecule has 1 aromatic heterocycles. The Morgan fingerprint density at radius 1 is 1.32 bits per heavy atom. The van der Waals surface area contributed by atoms with Crippen LogP contribution in [0.3, 0.4) is 0 Å². The van der Waals surface area contributed by atoms with Gasteiger partial charge in [0.05, 0.1) is 20.4 Å². The molecule has 0 spiro atoms. The van der Waals surface area contributed by atoms with E-state index in [0.717, 1.165) is 5.56 Å². The van der Waals surface area contributed by atoms with Crippen LogP contribution in [0.25, 0.3) is 0 Å². The largest absolute Gasteiger partial charge is 0.497 e.